The van der Waals surface area contributed by atoms with Crippen molar-refractivity contribution in [3.63, 3.8) is 0 Å². The predicted octanol–water partition coefficient (Wildman–Crippen LogP) is 2.24. The van der Waals surface area contributed by atoms with Crippen molar-refractivity contribution < 1.29 is 0 Å². The zero-order chi connectivity index (χ0) is 16.7. The molecule has 1 heterocycles. The average Bonchev–Trinajstić information content (AvgIpc) is 2.84. The van der Waals surface area contributed by atoms with Gasteiger partial charge in [-0.2, -0.15) is 5.10 Å². The highest BCUT2D eigenvalue weighted by Gasteiger charge is 2.16. The zero-order valence-electron chi connectivity index (χ0n) is 15.5. The van der Waals surface area contributed by atoms with Crippen molar-refractivity contribution in [1.82, 2.24) is 25.3 Å². The molecule has 0 spiro atoms. The van der Waals surface area contributed by atoms with Crippen LogP contribution in [0.5, 0.6) is 0 Å². The average molecular weight is 436 g/mol. The molecule has 23 heavy (non-hydrogen) atoms. The lowest BCUT2D eigenvalue weighted by atomic mass is 10.1. The first-order valence-corrected chi connectivity index (χ1v) is 8.05. The molecule has 0 amide bonds. The van der Waals surface area contributed by atoms with E-state index in [4.69, 9.17) is 4.99 Å². The van der Waals surface area contributed by atoms with E-state index in [1.807, 2.05) is 17.9 Å². The van der Waals surface area contributed by atoms with E-state index < -0.39 is 0 Å². The summed E-state index contributed by atoms with van der Waals surface area (Å²) in [4.78, 5) is 6.94. The molecular weight excluding hydrogens is 403 g/mol. The molecule has 1 aromatic rings. The van der Waals surface area contributed by atoms with Crippen LogP contribution >= 0.6 is 24.0 Å². The van der Waals surface area contributed by atoms with E-state index >= 15 is 0 Å². The lowest BCUT2D eigenvalue weighted by Crippen LogP contribution is -2.44. The van der Waals surface area contributed by atoms with E-state index in [9.17, 15) is 0 Å². The molecule has 0 bridgehead atoms. The van der Waals surface area contributed by atoms with Gasteiger partial charge in [-0.3, -0.25) is 9.67 Å². The summed E-state index contributed by atoms with van der Waals surface area (Å²) in [5.74, 6) is 1.44. The second kappa shape index (κ2) is 10.9. The molecular formula is C16H33IN6. The van der Waals surface area contributed by atoms with Gasteiger partial charge in [-0.05, 0) is 33.9 Å². The van der Waals surface area contributed by atoms with Gasteiger partial charge in [0.05, 0.1) is 18.8 Å². The minimum absolute atomic E-state index is 0. The smallest absolute Gasteiger partial charge is 0.191 e. The Morgan fingerprint density at radius 3 is 2.43 bits per heavy atom. The maximum atomic E-state index is 4.76. The molecule has 1 aromatic heterocycles. The van der Waals surface area contributed by atoms with E-state index in [1.165, 1.54) is 5.56 Å². The van der Waals surface area contributed by atoms with Crippen LogP contribution in [0.3, 0.4) is 0 Å². The Bertz CT molecular complexity index is 469. The molecule has 0 saturated carbocycles. The fourth-order valence-electron chi connectivity index (χ4n) is 2.06. The van der Waals surface area contributed by atoms with Gasteiger partial charge in [0.2, 0.25) is 0 Å². The Morgan fingerprint density at radius 2 is 2.00 bits per heavy atom. The van der Waals surface area contributed by atoms with Crippen LogP contribution in [-0.2, 0) is 7.05 Å². The van der Waals surface area contributed by atoms with Crippen molar-refractivity contribution >= 4 is 29.9 Å². The second-order valence-electron chi connectivity index (χ2n) is 6.32. The SMILES string of the molecule is CCNC(=NCC(c1cnn(C)c1)N(C)C)NC(C)C(C)C.I. The minimum Gasteiger partial charge on any atom is -0.357 e. The molecule has 7 heteroatoms. The highest BCUT2D eigenvalue weighted by molar-refractivity contribution is 14.0. The van der Waals surface area contributed by atoms with Gasteiger partial charge in [0.15, 0.2) is 5.96 Å². The number of guanidine groups is 1. The molecule has 0 fully saturated rings. The van der Waals surface area contributed by atoms with Crippen LogP contribution in [0.15, 0.2) is 17.4 Å². The molecule has 134 valence electrons. The van der Waals surface area contributed by atoms with Crippen molar-refractivity contribution in [2.75, 3.05) is 27.2 Å². The van der Waals surface area contributed by atoms with Gasteiger partial charge >= 0.3 is 0 Å². The fraction of sp³-hybridized carbons (Fsp3) is 0.750. The maximum Gasteiger partial charge on any atom is 0.191 e. The first-order valence-electron chi connectivity index (χ1n) is 8.05. The molecule has 0 saturated heterocycles. The summed E-state index contributed by atoms with van der Waals surface area (Å²) in [5.41, 5.74) is 1.18. The number of aliphatic imine (C=N–C) groups is 1. The Hall–Kier alpha value is -0.830. The third-order valence-electron chi connectivity index (χ3n) is 3.86. The minimum atomic E-state index is 0. The van der Waals surface area contributed by atoms with Crippen LogP contribution in [0.2, 0.25) is 0 Å². The van der Waals surface area contributed by atoms with Gasteiger partial charge in [0.1, 0.15) is 0 Å². The van der Waals surface area contributed by atoms with Gasteiger partial charge in [-0.25, -0.2) is 0 Å². The number of likely N-dealkylation sites (N-methyl/N-ethyl adjacent to an activating group) is 1. The lowest BCUT2D eigenvalue weighted by Gasteiger charge is -2.24. The van der Waals surface area contributed by atoms with Gasteiger partial charge in [0.25, 0.3) is 0 Å². The Morgan fingerprint density at radius 1 is 1.35 bits per heavy atom. The van der Waals surface area contributed by atoms with E-state index in [-0.39, 0.29) is 30.0 Å². The van der Waals surface area contributed by atoms with Crippen molar-refractivity contribution in [1.29, 1.82) is 0 Å². The van der Waals surface area contributed by atoms with E-state index in [0.29, 0.717) is 18.5 Å². The number of nitrogens with zero attached hydrogens (tertiary/aromatic N) is 4. The highest BCUT2D eigenvalue weighted by Crippen LogP contribution is 2.17. The Labute approximate surface area is 158 Å². The van der Waals surface area contributed by atoms with Gasteiger partial charge in [-0.1, -0.05) is 13.8 Å². The topological polar surface area (TPSA) is 57.5 Å². The Kier molecular flexibility index (Phi) is 10.5. The first-order chi connectivity index (χ1) is 10.3. The highest BCUT2D eigenvalue weighted by atomic mass is 127. The van der Waals surface area contributed by atoms with Crippen LogP contribution in [0.1, 0.15) is 39.3 Å². The van der Waals surface area contributed by atoms with Crippen LogP contribution in [0.25, 0.3) is 0 Å². The molecule has 0 aliphatic rings. The van der Waals surface area contributed by atoms with Crippen molar-refractivity contribution in [2.24, 2.45) is 18.0 Å². The standard InChI is InChI=1S/C16H32N6.HI/c1-8-17-16(20-13(4)12(2)3)18-10-15(21(5)6)14-9-19-22(7)11-14;/h9,11-13,15H,8,10H2,1-7H3,(H2,17,18,20);1H. The molecule has 0 aliphatic heterocycles. The summed E-state index contributed by atoms with van der Waals surface area (Å²) in [6.07, 6.45) is 3.97. The summed E-state index contributed by atoms with van der Waals surface area (Å²) in [5, 5.41) is 11.1. The first kappa shape index (κ1) is 22.2. The molecule has 0 radical (unpaired) electrons. The summed E-state index contributed by atoms with van der Waals surface area (Å²) < 4.78 is 1.83. The molecule has 1 rings (SSSR count). The number of hydrogen-bond donors (Lipinski definition) is 2. The van der Waals surface area contributed by atoms with Gasteiger partial charge in [-0.15, -0.1) is 24.0 Å². The maximum absolute atomic E-state index is 4.76. The normalized spacial score (nSPS) is 14.6. The molecule has 2 atom stereocenters. The van der Waals surface area contributed by atoms with E-state index in [0.717, 1.165) is 12.5 Å². The molecule has 2 unspecified atom stereocenters. The fourth-order valence-corrected chi connectivity index (χ4v) is 2.06. The van der Waals surface area contributed by atoms with Gasteiger partial charge in [0, 0.05) is 31.4 Å². The van der Waals surface area contributed by atoms with E-state index in [2.05, 4.69) is 68.6 Å². The largest absolute Gasteiger partial charge is 0.357 e. The van der Waals surface area contributed by atoms with Crippen molar-refractivity contribution in [3.05, 3.63) is 18.0 Å². The second-order valence-corrected chi connectivity index (χ2v) is 6.32. The third-order valence-corrected chi connectivity index (χ3v) is 3.86. The molecule has 0 aliphatic carbocycles. The van der Waals surface area contributed by atoms with Crippen LogP contribution in [0.4, 0.5) is 0 Å². The number of aromatic nitrogens is 2. The summed E-state index contributed by atoms with van der Waals surface area (Å²) >= 11 is 0. The molecule has 2 N–H and O–H groups in total. The van der Waals surface area contributed by atoms with Gasteiger partial charge < -0.3 is 15.5 Å². The Balaban J connectivity index is 0.00000484. The number of halogens is 1. The number of rotatable bonds is 7. The third kappa shape index (κ3) is 7.52. The number of nitrogens with one attached hydrogen (secondary N) is 2. The summed E-state index contributed by atoms with van der Waals surface area (Å²) in [7, 11) is 6.09. The van der Waals surface area contributed by atoms with Crippen molar-refractivity contribution in [3.8, 4) is 0 Å². The monoisotopic (exact) mass is 436 g/mol. The molecule has 6 nitrogen and oxygen atoms in total. The molecule has 0 aromatic carbocycles. The summed E-state index contributed by atoms with van der Waals surface area (Å²) in [6, 6.07) is 0.604. The predicted molar refractivity (Wildman–Crippen MR) is 108 cm³/mol. The summed E-state index contributed by atoms with van der Waals surface area (Å²) in [6.45, 7) is 10.2. The van der Waals surface area contributed by atoms with Crippen LogP contribution in [0, 0.1) is 5.92 Å². The van der Waals surface area contributed by atoms with Crippen LogP contribution in [-0.4, -0.2) is 53.9 Å². The quantitative estimate of drug-likeness (QED) is 0.391. The number of aryl methyl sites for hydroxylation is 1. The van der Waals surface area contributed by atoms with Crippen LogP contribution < -0.4 is 10.6 Å². The lowest BCUT2D eigenvalue weighted by molar-refractivity contribution is 0.306. The van der Waals surface area contributed by atoms with E-state index in [1.54, 1.807) is 0 Å². The zero-order valence-corrected chi connectivity index (χ0v) is 17.8. The van der Waals surface area contributed by atoms with Crippen molar-refractivity contribution in [2.45, 2.75) is 39.8 Å². The number of hydrogen-bond acceptors (Lipinski definition) is 3.